The number of aromatic nitrogens is 3. The predicted molar refractivity (Wildman–Crippen MR) is 142 cm³/mol. The second kappa shape index (κ2) is 9.67. The molecule has 0 radical (unpaired) electrons. The highest BCUT2D eigenvalue weighted by Gasteiger charge is 2.33. The maximum absolute atomic E-state index is 13.8. The second-order valence-corrected chi connectivity index (χ2v) is 9.73. The second-order valence-electron chi connectivity index (χ2n) is 8.73. The zero-order chi connectivity index (χ0) is 26.3. The van der Waals surface area contributed by atoms with Crippen LogP contribution in [0.2, 0.25) is 0 Å². The predicted octanol–water partition coefficient (Wildman–Crippen LogP) is 3.31. The van der Waals surface area contributed by atoms with E-state index in [0.29, 0.717) is 26.2 Å². The van der Waals surface area contributed by atoms with Crippen LogP contribution in [-0.2, 0) is 9.53 Å². The Hall–Kier alpha value is -4.24. The topological polar surface area (TPSA) is 98.7 Å². The van der Waals surface area contributed by atoms with Gasteiger partial charge in [-0.2, -0.15) is 5.10 Å². The van der Waals surface area contributed by atoms with Gasteiger partial charge in [0, 0.05) is 11.3 Å². The Kier molecular flexibility index (Phi) is 6.39. The lowest BCUT2D eigenvalue weighted by Gasteiger charge is -2.24. The molecule has 0 spiro atoms. The number of esters is 1. The van der Waals surface area contributed by atoms with Crippen LogP contribution in [0.5, 0.6) is 5.75 Å². The summed E-state index contributed by atoms with van der Waals surface area (Å²) >= 11 is 1.27. The lowest BCUT2D eigenvalue weighted by molar-refractivity contribution is -0.139. The molecule has 9 heteroatoms. The maximum Gasteiger partial charge on any atom is 0.338 e. The number of benzene rings is 2. The normalized spacial score (nSPS) is 15.5. The number of para-hydroxylation sites is 1. The van der Waals surface area contributed by atoms with Gasteiger partial charge >= 0.3 is 5.97 Å². The number of hydrogen-bond donors (Lipinski definition) is 1. The Morgan fingerprint density at radius 2 is 1.81 bits per heavy atom. The van der Waals surface area contributed by atoms with Gasteiger partial charge in [-0.3, -0.25) is 9.36 Å². The van der Waals surface area contributed by atoms with Gasteiger partial charge < -0.3 is 9.84 Å². The fourth-order valence-corrected chi connectivity index (χ4v) is 5.61. The van der Waals surface area contributed by atoms with Gasteiger partial charge in [0.15, 0.2) is 4.80 Å². The Morgan fingerprint density at radius 3 is 2.49 bits per heavy atom. The fraction of sp³-hybridized carbons (Fsp3) is 0.214. The Labute approximate surface area is 217 Å². The number of carbonyl (C=O) groups is 1. The molecule has 5 rings (SSSR count). The first kappa shape index (κ1) is 24.5. The average molecular weight is 515 g/mol. The van der Waals surface area contributed by atoms with Crippen molar-refractivity contribution in [3.8, 4) is 11.4 Å². The van der Waals surface area contributed by atoms with Crippen molar-refractivity contribution in [3.63, 3.8) is 0 Å². The summed E-state index contributed by atoms with van der Waals surface area (Å²) in [6, 6.07) is 15.6. The number of hydrogen-bond acceptors (Lipinski definition) is 7. The van der Waals surface area contributed by atoms with Gasteiger partial charge in [-0.15, -0.1) is 0 Å². The molecule has 2 aromatic heterocycles. The molecule has 0 bridgehead atoms. The van der Waals surface area contributed by atoms with E-state index in [1.807, 2.05) is 54.9 Å². The number of aromatic hydroxyl groups is 1. The monoisotopic (exact) mass is 514 g/mol. The number of aryl methyl sites for hydroxylation is 1. The van der Waals surface area contributed by atoms with Crippen molar-refractivity contribution < 1.29 is 14.6 Å². The molecule has 188 valence electrons. The molecule has 1 aliphatic rings. The minimum Gasteiger partial charge on any atom is -0.508 e. The number of nitrogens with zero attached hydrogens (tertiary/aromatic N) is 4. The lowest BCUT2D eigenvalue weighted by Crippen LogP contribution is -2.39. The molecule has 4 aromatic rings. The van der Waals surface area contributed by atoms with E-state index in [9.17, 15) is 14.7 Å². The molecule has 8 nitrogen and oxygen atoms in total. The van der Waals surface area contributed by atoms with Crippen LogP contribution in [0.4, 0.5) is 0 Å². The molecule has 1 aliphatic heterocycles. The first-order valence-electron chi connectivity index (χ1n) is 11.9. The van der Waals surface area contributed by atoms with E-state index >= 15 is 0 Å². The number of phenolic OH excluding ortho intramolecular Hbond substituents is 1. The number of thiazole rings is 1. The van der Waals surface area contributed by atoms with E-state index in [2.05, 4.69) is 4.99 Å². The van der Waals surface area contributed by atoms with Gasteiger partial charge in [0.1, 0.15) is 5.75 Å². The summed E-state index contributed by atoms with van der Waals surface area (Å²) in [6.07, 6.45) is 1.85. The molecule has 0 saturated heterocycles. The highest BCUT2D eigenvalue weighted by Crippen LogP contribution is 2.31. The molecule has 1 N–H and O–H groups in total. The molecule has 0 fully saturated rings. The molecule has 3 heterocycles. The molecular formula is C28H26N4O4S. The van der Waals surface area contributed by atoms with Crippen LogP contribution in [0, 0.1) is 13.8 Å². The zero-order valence-electron chi connectivity index (χ0n) is 20.9. The maximum atomic E-state index is 13.8. The van der Waals surface area contributed by atoms with Gasteiger partial charge in [0.25, 0.3) is 5.56 Å². The van der Waals surface area contributed by atoms with Crippen molar-refractivity contribution >= 4 is 23.4 Å². The Morgan fingerprint density at radius 1 is 1.11 bits per heavy atom. The summed E-state index contributed by atoms with van der Waals surface area (Å²) in [6.45, 7) is 7.57. The van der Waals surface area contributed by atoms with Crippen LogP contribution in [-0.4, -0.2) is 32.0 Å². The Bertz CT molecular complexity index is 1710. The SMILES string of the molecule is CCOC(=O)C1=C(C)N=c2sc(=Cc3c(C)nn(-c4ccccc4)c3C)c(=O)n2C1c1ccc(O)cc1. The molecule has 0 aliphatic carbocycles. The first-order valence-corrected chi connectivity index (χ1v) is 12.7. The van der Waals surface area contributed by atoms with Crippen LogP contribution in [0.25, 0.3) is 11.8 Å². The summed E-state index contributed by atoms with van der Waals surface area (Å²) < 4.78 is 9.21. The summed E-state index contributed by atoms with van der Waals surface area (Å²) in [5.41, 5.74) is 4.71. The summed E-state index contributed by atoms with van der Waals surface area (Å²) in [5.74, 6) is -0.428. The largest absolute Gasteiger partial charge is 0.508 e. The standard InChI is InChI=1S/C28H26N4O4S/c1-5-36-27(35)24-17(3)29-28-31(25(24)19-11-13-21(33)14-12-19)26(34)23(37-28)15-22-16(2)30-32(18(22)4)20-9-7-6-8-10-20/h6-15,25,33H,5H2,1-4H3. The molecule has 2 aromatic carbocycles. The molecule has 0 amide bonds. The minimum atomic E-state index is -0.729. The van der Waals surface area contributed by atoms with Gasteiger partial charge in [-0.05, 0) is 63.6 Å². The smallest absolute Gasteiger partial charge is 0.338 e. The van der Waals surface area contributed by atoms with Crippen molar-refractivity contribution in [2.75, 3.05) is 6.61 Å². The fourth-order valence-electron chi connectivity index (χ4n) is 4.58. The summed E-state index contributed by atoms with van der Waals surface area (Å²) in [4.78, 5) is 31.9. The number of rotatable bonds is 5. The van der Waals surface area contributed by atoms with Crippen LogP contribution in [0.1, 0.15) is 42.4 Å². The van der Waals surface area contributed by atoms with Crippen LogP contribution in [0.3, 0.4) is 0 Å². The number of ether oxygens (including phenoxy) is 1. The van der Waals surface area contributed by atoms with Crippen molar-refractivity contribution in [3.05, 3.63) is 108 Å². The van der Waals surface area contributed by atoms with Gasteiger partial charge in [-0.1, -0.05) is 41.7 Å². The number of allylic oxidation sites excluding steroid dienone is 1. The van der Waals surface area contributed by atoms with Crippen molar-refractivity contribution in [1.29, 1.82) is 0 Å². The quantitative estimate of drug-likeness (QED) is 0.412. The van der Waals surface area contributed by atoms with E-state index in [1.54, 1.807) is 26.0 Å². The van der Waals surface area contributed by atoms with Gasteiger partial charge in [0.2, 0.25) is 0 Å². The molecule has 0 saturated carbocycles. The number of phenols is 1. The van der Waals surface area contributed by atoms with E-state index in [0.717, 1.165) is 22.6 Å². The third-order valence-electron chi connectivity index (χ3n) is 6.35. The van der Waals surface area contributed by atoms with E-state index < -0.39 is 12.0 Å². The van der Waals surface area contributed by atoms with E-state index in [1.165, 1.54) is 28.0 Å². The van der Waals surface area contributed by atoms with Crippen molar-refractivity contribution in [2.24, 2.45) is 4.99 Å². The van der Waals surface area contributed by atoms with Crippen LogP contribution in [0.15, 0.2) is 75.7 Å². The van der Waals surface area contributed by atoms with E-state index in [4.69, 9.17) is 9.84 Å². The number of carbonyl (C=O) groups excluding carboxylic acids is 1. The number of fused-ring (bicyclic) bond motifs is 1. The van der Waals surface area contributed by atoms with Gasteiger partial charge in [-0.25, -0.2) is 14.5 Å². The summed E-state index contributed by atoms with van der Waals surface area (Å²) in [7, 11) is 0. The molecule has 1 unspecified atom stereocenters. The van der Waals surface area contributed by atoms with Crippen LogP contribution >= 0.6 is 11.3 Å². The highest BCUT2D eigenvalue weighted by molar-refractivity contribution is 7.07. The molecule has 37 heavy (non-hydrogen) atoms. The highest BCUT2D eigenvalue weighted by atomic mass is 32.1. The third kappa shape index (κ3) is 4.31. The molecule has 1 atom stereocenters. The minimum absolute atomic E-state index is 0.0934. The Balaban J connectivity index is 1.70. The zero-order valence-corrected chi connectivity index (χ0v) is 21.7. The summed E-state index contributed by atoms with van der Waals surface area (Å²) in [5, 5.41) is 14.5. The lowest BCUT2D eigenvalue weighted by atomic mass is 9.96. The first-order chi connectivity index (χ1) is 17.8. The third-order valence-corrected chi connectivity index (χ3v) is 7.33. The van der Waals surface area contributed by atoms with Crippen LogP contribution < -0.4 is 14.9 Å². The van der Waals surface area contributed by atoms with E-state index in [-0.39, 0.29) is 17.9 Å². The van der Waals surface area contributed by atoms with Crippen molar-refractivity contribution in [2.45, 2.75) is 33.7 Å². The van der Waals surface area contributed by atoms with Gasteiger partial charge in [0.05, 0.1) is 39.8 Å². The molecular weight excluding hydrogens is 488 g/mol. The van der Waals surface area contributed by atoms with Crippen molar-refractivity contribution in [1.82, 2.24) is 14.3 Å². The average Bonchev–Trinajstić information content (AvgIpc) is 3.34.